The molecule has 4 atom stereocenters. The minimum atomic E-state index is -1.29. The lowest BCUT2D eigenvalue weighted by Crippen LogP contribution is -2.40. The number of thiazole rings is 6. The molecular formula is C54H48N14O10S6. The molecule has 8 aromatic heterocycles. The maximum absolute atomic E-state index is 14.3. The van der Waals surface area contributed by atoms with Crippen molar-refractivity contribution < 1.29 is 48.5 Å². The number of ether oxygens (including phenoxy) is 1. The van der Waals surface area contributed by atoms with E-state index in [0.717, 1.165) is 40.2 Å². The maximum Gasteiger partial charge on any atom is 0.337 e. The standard InChI is InChI=1S/C54H48N14O10S6/c1-23(2)38-53-68-41(34(84-53)19-78-5)46(74)57-18-37(70)65-42(43(71)25-9-7-6-8-10-25)52-62-32(21-80-52)49-58-17-33(83-49)40-27(12-14-29(59-40)50-64-35(22-81-50)63-44(72)28-13-11-26(16-56-28)54(76)77)48-61-31(20-79-48)45(73)60-30(15-36(69)55-4)51-67-39(24(3)82-51)47(75)66-38/h6-14,16-17,20-23,30,38,42-43,71H,15,18-19H2,1-5H3,(H,55,69)(H,57,74)(H,60,73)(H,63,72)(H,65,70)(H,66,75)(H,76,77)/t30-,38-,42-,43-/m0/s1. The molecule has 0 saturated carbocycles. The number of pyridine rings is 2. The minimum absolute atomic E-state index is 0.00507. The second-order valence-electron chi connectivity index (χ2n) is 18.9. The van der Waals surface area contributed by atoms with Gasteiger partial charge < -0.3 is 46.9 Å². The first-order valence-electron chi connectivity index (χ1n) is 25.4. The van der Waals surface area contributed by atoms with Crippen LogP contribution in [0, 0.1) is 12.8 Å². The fourth-order valence-corrected chi connectivity index (χ4v) is 14.1. The van der Waals surface area contributed by atoms with Gasteiger partial charge in [-0.3, -0.25) is 33.8 Å². The molecule has 1 aromatic carbocycles. The summed E-state index contributed by atoms with van der Waals surface area (Å²) in [7, 11) is 2.93. The molecule has 10 rings (SSSR count). The Labute approximate surface area is 501 Å². The summed E-state index contributed by atoms with van der Waals surface area (Å²) in [5.74, 6) is -4.81. The zero-order valence-electron chi connectivity index (χ0n) is 44.8. The third-order valence-electron chi connectivity index (χ3n) is 12.7. The highest BCUT2D eigenvalue weighted by molar-refractivity contribution is 7.19. The molecule has 1 aliphatic heterocycles. The molecule has 1 aliphatic rings. The summed E-state index contributed by atoms with van der Waals surface area (Å²) in [5, 5.41) is 45.1. The van der Waals surface area contributed by atoms with E-state index < -0.39 is 72.2 Å². The normalized spacial score (nSPS) is 16.2. The summed E-state index contributed by atoms with van der Waals surface area (Å²) in [6.45, 7) is 4.92. The van der Waals surface area contributed by atoms with Crippen LogP contribution in [-0.2, 0) is 20.9 Å². The van der Waals surface area contributed by atoms with Gasteiger partial charge in [-0.15, -0.1) is 68.0 Å². The number of benzene rings is 1. The summed E-state index contributed by atoms with van der Waals surface area (Å²) in [6, 6.07) is 11.9. The predicted molar refractivity (Wildman–Crippen MR) is 316 cm³/mol. The van der Waals surface area contributed by atoms with Crippen molar-refractivity contribution >= 4 is 115 Å². The lowest BCUT2D eigenvalue weighted by atomic mass is 10.0. The molecule has 9 heterocycles. The van der Waals surface area contributed by atoms with E-state index in [0.29, 0.717) is 67.9 Å². The Morgan fingerprint density at radius 2 is 1.49 bits per heavy atom. The van der Waals surface area contributed by atoms with E-state index in [1.807, 2.05) is 13.8 Å². The van der Waals surface area contributed by atoms with Crippen LogP contribution in [0.25, 0.3) is 42.5 Å². The fourth-order valence-electron chi connectivity index (χ4n) is 8.47. The number of methoxy groups -OCH3 is 1. The molecule has 24 nitrogen and oxygen atoms in total. The summed E-state index contributed by atoms with van der Waals surface area (Å²) >= 11 is 7.05. The summed E-state index contributed by atoms with van der Waals surface area (Å²) in [5.41, 5.74) is 2.12. The number of hydrogen-bond donors (Lipinski definition) is 8. The van der Waals surface area contributed by atoms with Crippen molar-refractivity contribution in [3.05, 3.63) is 142 Å². The highest BCUT2D eigenvalue weighted by atomic mass is 32.1. The van der Waals surface area contributed by atoms with Crippen LogP contribution in [0.1, 0.15) is 127 Å². The number of aliphatic hydroxyl groups is 1. The zero-order valence-corrected chi connectivity index (χ0v) is 49.7. The Balaban J connectivity index is 1.04. The topological polar surface area (TPSA) is 344 Å². The largest absolute Gasteiger partial charge is 0.478 e. The van der Waals surface area contributed by atoms with Gasteiger partial charge >= 0.3 is 5.97 Å². The van der Waals surface area contributed by atoms with E-state index in [4.69, 9.17) is 24.7 Å². The van der Waals surface area contributed by atoms with Gasteiger partial charge in [0.05, 0.1) is 58.4 Å². The number of carbonyl (C=O) groups is 7. The highest BCUT2D eigenvalue weighted by Crippen LogP contribution is 2.41. The Morgan fingerprint density at radius 3 is 2.23 bits per heavy atom. The van der Waals surface area contributed by atoms with Gasteiger partial charge in [0.15, 0.2) is 0 Å². The van der Waals surface area contributed by atoms with Crippen LogP contribution in [0.4, 0.5) is 5.82 Å². The number of fused-ring (bicyclic) bond motifs is 14. The van der Waals surface area contributed by atoms with E-state index >= 15 is 0 Å². The third-order valence-corrected chi connectivity index (χ3v) is 18.6. The minimum Gasteiger partial charge on any atom is -0.478 e. The number of carbonyl (C=O) groups excluding carboxylic acids is 6. The van der Waals surface area contributed by atoms with Crippen molar-refractivity contribution in [3.8, 4) is 42.5 Å². The van der Waals surface area contributed by atoms with Crippen LogP contribution in [0.2, 0.25) is 0 Å². The lowest BCUT2D eigenvalue weighted by Gasteiger charge is -2.23. The number of carboxylic acid groups (broad SMARTS) is 1. The van der Waals surface area contributed by atoms with E-state index in [-0.39, 0.29) is 58.1 Å². The predicted octanol–water partition coefficient (Wildman–Crippen LogP) is 7.66. The highest BCUT2D eigenvalue weighted by Gasteiger charge is 2.33. The Kier molecular flexibility index (Phi) is 17.9. The zero-order chi connectivity index (χ0) is 59.3. The average Bonchev–Trinajstić information content (AvgIpc) is 3.76. The van der Waals surface area contributed by atoms with Crippen LogP contribution in [0.3, 0.4) is 0 Å². The molecule has 0 spiro atoms. The van der Waals surface area contributed by atoms with E-state index in [2.05, 4.69) is 51.8 Å². The van der Waals surface area contributed by atoms with Crippen molar-refractivity contribution in [1.82, 2.24) is 66.5 Å². The SMILES string of the molecule is CNC(=O)C[C@@H]1NC(=O)c2csc(n2)-c2ccc(-c3nc(NC(=O)c4ccc(C(=O)O)cn4)cs3)nc2-c2cnc(s2)-c2csc(n2)[C@H]([C@@H](O)c2ccccc2)NC(=O)CNC(=O)c2nc(sc2COC)[C@H](C(C)C)NC(=O)c2nc1sc2C. The number of anilines is 1. The monoisotopic (exact) mass is 1240 g/mol. The molecular weight excluding hydrogens is 1200 g/mol. The molecule has 6 amide bonds. The van der Waals surface area contributed by atoms with Crippen LogP contribution in [0.5, 0.6) is 0 Å². The van der Waals surface area contributed by atoms with Gasteiger partial charge in [-0.1, -0.05) is 44.2 Å². The first-order valence-corrected chi connectivity index (χ1v) is 30.5. The van der Waals surface area contributed by atoms with Crippen molar-refractivity contribution in [2.45, 2.75) is 58.0 Å². The first-order chi connectivity index (χ1) is 40.4. The number of amides is 6. The average molecular weight is 1250 g/mol. The van der Waals surface area contributed by atoms with Crippen LogP contribution in [0.15, 0.2) is 83.1 Å². The van der Waals surface area contributed by atoms with Crippen molar-refractivity contribution in [1.29, 1.82) is 0 Å². The Morgan fingerprint density at radius 1 is 0.714 bits per heavy atom. The van der Waals surface area contributed by atoms with E-state index in [1.165, 1.54) is 60.3 Å². The summed E-state index contributed by atoms with van der Waals surface area (Å²) in [6.07, 6.45) is 1.16. The van der Waals surface area contributed by atoms with Crippen molar-refractivity contribution in [2.75, 3.05) is 26.0 Å². The van der Waals surface area contributed by atoms with Crippen molar-refractivity contribution in [3.63, 3.8) is 0 Å². The van der Waals surface area contributed by atoms with Crippen LogP contribution < -0.4 is 31.9 Å². The molecule has 30 heteroatoms. The van der Waals surface area contributed by atoms with Crippen LogP contribution >= 0.6 is 68.0 Å². The number of aromatic nitrogens is 8. The molecule has 9 aromatic rings. The van der Waals surface area contributed by atoms with Gasteiger partial charge in [0, 0.05) is 53.1 Å². The van der Waals surface area contributed by atoms with Gasteiger partial charge in [-0.2, -0.15) is 0 Å². The molecule has 0 aliphatic carbocycles. The second kappa shape index (κ2) is 25.6. The number of aromatic carboxylic acids is 1. The van der Waals surface area contributed by atoms with Gasteiger partial charge in [0.2, 0.25) is 11.8 Å². The van der Waals surface area contributed by atoms with Gasteiger partial charge in [-0.25, -0.2) is 39.7 Å². The Hall–Kier alpha value is -8.49. The molecule has 0 radical (unpaired) electrons. The van der Waals surface area contributed by atoms with Gasteiger partial charge in [0.1, 0.15) is 76.5 Å². The third kappa shape index (κ3) is 13.0. The lowest BCUT2D eigenvalue weighted by molar-refractivity contribution is -0.122. The number of rotatable bonds is 11. The molecule has 0 unspecified atom stereocenters. The summed E-state index contributed by atoms with van der Waals surface area (Å²) < 4.78 is 5.44. The number of nitrogens with one attached hydrogen (secondary N) is 6. The van der Waals surface area contributed by atoms with E-state index in [1.54, 1.807) is 71.7 Å². The van der Waals surface area contributed by atoms with Gasteiger partial charge in [-0.05, 0) is 42.7 Å². The molecule has 10 bridgehead atoms. The molecule has 0 saturated heterocycles. The second-order valence-corrected chi connectivity index (χ2v) is 24.8. The first kappa shape index (κ1) is 58.7. The van der Waals surface area contributed by atoms with Crippen LogP contribution in [-0.4, -0.2) is 112 Å². The molecule has 8 N–H and O–H groups in total. The van der Waals surface area contributed by atoms with Crippen molar-refractivity contribution in [2.24, 2.45) is 5.92 Å². The maximum atomic E-state index is 14.3. The number of hydrogen-bond acceptors (Lipinski definition) is 23. The number of nitrogens with zero attached hydrogens (tertiary/aromatic N) is 8. The number of aliphatic hydroxyl groups excluding tert-OH is 1. The van der Waals surface area contributed by atoms with Gasteiger partial charge in [0.25, 0.3) is 23.6 Å². The fraction of sp³-hybridized carbons (Fsp3) is 0.241. The molecule has 84 heavy (non-hydrogen) atoms. The van der Waals surface area contributed by atoms with E-state index in [9.17, 15) is 43.8 Å². The molecule has 430 valence electrons. The number of carboxylic acids is 1. The molecule has 0 fully saturated rings. The number of aryl methyl sites for hydroxylation is 1. The summed E-state index contributed by atoms with van der Waals surface area (Å²) in [4.78, 5) is 133. The smallest absolute Gasteiger partial charge is 0.337 e. The quantitative estimate of drug-likeness (QED) is 0.0616. The Bertz CT molecular complexity index is 3970.